The summed E-state index contributed by atoms with van der Waals surface area (Å²) >= 11 is 6.11. The molecule has 3 N–H and O–H groups in total. The third-order valence-electron chi connectivity index (χ3n) is 2.66. The lowest BCUT2D eigenvalue weighted by atomic mass is 10.1. The standard InChI is InChI=1S/C13H19ClN2O3/c1-8(4-12(15)17)16-7-9-5-10(14)13(19-3)11(6-9)18-2/h5-6,8,16H,4,7H2,1-3H3,(H2,15,17). The van der Waals surface area contributed by atoms with Crippen molar-refractivity contribution in [3.05, 3.63) is 22.7 Å². The van der Waals surface area contributed by atoms with Crippen LogP contribution in [0.1, 0.15) is 18.9 Å². The number of carbonyl (C=O) groups excluding carboxylic acids is 1. The topological polar surface area (TPSA) is 73.6 Å². The van der Waals surface area contributed by atoms with E-state index in [4.69, 9.17) is 26.8 Å². The molecule has 0 aliphatic heterocycles. The highest BCUT2D eigenvalue weighted by atomic mass is 35.5. The molecular formula is C13H19ClN2O3. The molecule has 0 spiro atoms. The van der Waals surface area contributed by atoms with Crippen LogP contribution in [-0.2, 0) is 11.3 Å². The highest BCUT2D eigenvalue weighted by Gasteiger charge is 2.12. The second kappa shape index (κ2) is 7.21. The lowest BCUT2D eigenvalue weighted by molar-refractivity contribution is -0.118. The predicted octanol–water partition coefficient (Wildman–Crippen LogP) is 1.71. The number of ether oxygens (including phenoxy) is 2. The van der Waals surface area contributed by atoms with Crippen LogP contribution in [0.3, 0.4) is 0 Å². The Morgan fingerprint density at radius 3 is 2.63 bits per heavy atom. The fraction of sp³-hybridized carbons (Fsp3) is 0.462. The molecule has 1 amide bonds. The monoisotopic (exact) mass is 286 g/mol. The normalized spacial score (nSPS) is 12.0. The maximum atomic E-state index is 10.8. The fourth-order valence-corrected chi connectivity index (χ4v) is 2.05. The van der Waals surface area contributed by atoms with Crippen molar-refractivity contribution in [1.29, 1.82) is 0 Å². The van der Waals surface area contributed by atoms with E-state index in [2.05, 4.69) is 5.32 Å². The van der Waals surface area contributed by atoms with Gasteiger partial charge in [-0.1, -0.05) is 11.6 Å². The Kier molecular flexibility index (Phi) is 5.92. The maximum Gasteiger partial charge on any atom is 0.218 e. The van der Waals surface area contributed by atoms with Gasteiger partial charge in [-0.25, -0.2) is 0 Å². The second-order valence-corrected chi connectivity index (χ2v) is 4.67. The summed E-state index contributed by atoms with van der Waals surface area (Å²) in [4.78, 5) is 10.8. The third kappa shape index (κ3) is 4.61. The van der Waals surface area contributed by atoms with Crippen LogP contribution in [0.5, 0.6) is 11.5 Å². The molecule has 1 aromatic rings. The van der Waals surface area contributed by atoms with E-state index in [9.17, 15) is 4.79 Å². The van der Waals surface area contributed by atoms with Gasteiger partial charge in [0.05, 0.1) is 19.2 Å². The Bertz CT molecular complexity index is 452. The molecule has 0 saturated carbocycles. The van der Waals surface area contributed by atoms with Crippen molar-refractivity contribution in [3.63, 3.8) is 0 Å². The van der Waals surface area contributed by atoms with Crippen LogP contribution in [0, 0.1) is 0 Å². The third-order valence-corrected chi connectivity index (χ3v) is 2.94. The highest BCUT2D eigenvalue weighted by Crippen LogP contribution is 2.35. The molecule has 0 radical (unpaired) electrons. The lowest BCUT2D eigenvalue weighted by Crippen LogP contribution is -2.30. The molecule has 19 heavy (non-hydrogen) atoms. The number of primary amides is 1. The number of rotatable bonds is 7. The van der Waals surface area contributed by atoms with Gasteiger partial charge >= 0.3 is 0 Å². The largest absolute Gasteiger partial charge is 0.493 e. The van der Waals surface area contributed by atoms with Crippen LogP contribution in [0.4, 0.5) is 0 Å². The molecule has 1 unspecified atom stereocenters. The van der Waals surface area contributed by atoms with Crippen molar-refractivity contribution in [2.24, 2.45) is 5.73 Å². The van der Waals surface area contributed by atoms with E-state index in [1.54, 1.807) is 13.2 Å². The summed E-state index contributed by atoms with van der Waals surface area (Å²) < 4.78 is 10.4. The van der Waals surface area contributed by atoms with Gasteiger partial charge in [0.25, 0.3) is 0 Å². The number of nitrogens with two attached hydrogens (primary N) is 1. The van der Waals surface area contributed by atoms with E-state index in [1.807, 2.05) is 13.0 Å². The molecule has 0 fully saturated rings. The van der Waals surface area contributed by atoms with E-state index in [1.165, 1.54) is 7.11 Å². The molecular weight excluding hydrogens is 268 g/mol. The summed E-state index contributed by atoms with van der Waals surface area (Å²) in [6, 6.07) is 3.64. The van der Waals surface area contributed by atoms with Crippen LogP contribution in [0.25, 0.3) is 0 Å². The van der Waals surface area contributed by atoms with Crippen molar-refractivity contribution in [1.82, 2.24) is 5.32 Å². The number of nitrogens with one attached hydrogen (secondary N) is 1. The summed E-state index contributed by atoms with van der Waals surface area (Å²) in [5, 5.41) is 3.68. The number of hydrogen-bond donors (Lipinski definition) is 2. The van der Waals surface area contributed by atoms with Gasteiger partial charge in [-0.2, -0.15) is 0 Å². The molecule has 1 rings (SSSR count). The van der Waals surface area contributed by atoms with Crippen molar-refractivity contribution in [3.8, 4) is 11.5 Å². The first-order valence-corrected chi connectivity index (χ1v) is 6.27. The SMILES string of the molecule is COc1cc(CNC(C)CC(N)=O)cc(Cl)c1OC. The van der Waals surface area contributed by atoms with Gasteiger partial charge in [-0.3, -0.25) is 4.79 Å². The van der Waals surface area contributed by atoms with Crippen molar-refractivity contribution >= 4 is 17.5 Å². The van der Waals surface area contributed by atoms with Gasteiger partial charge in [-0.05, 0) is 24.6 Å². The Morgan fingerprint density at radius 2 is 2.11 bits per heavy atom. The molecule has 0 aromatic heterocycles. The van der Waals surface area contributed by atoms with Crippen LogP contribution in [-0.4, -0.2) is 26.2 Å². The molecule has 0 heterocycles. The number of carbonyl (C=O) groups is 1. The zero-order chi connectivity index (χ0) is 14.4. The second-order valence-electron chi connectivity index (χ2n) is 4.27. The maximum absolute atomic E-state index is 10.8. The first-order valence-electron chi connectivity index (χ1n) is 5.90. The minimum atomic E-state index is -0.328. The molecule has 0 aliphatic rings. The fourth-order valence-electron chi connectivity index (χ4n) is 1.74. The molecule has 1 aromatic carbocycles. The van der Waals surface area contributed by atoms with Crippen LogP contribution < -0.4 is 20.5 Å². The summed E-state index contributed by atoms with van der Waals surface area (Å²) in [6.45, 7) is 2.46. The minimum absolute atomic E-state index is 0.00405. The van der Waals surface area contributed by atoms with E-state index in [0.717, 1.165) is 5.56 Å². The molecule has 6 heteroatoms. The van der Waals surface area contributed by atoms with E-state index >= 15 is 0 Å². The highest BCUT2D eigenvalue weighted by molar-refractivity contribution is 6.32. The number of amides is 1. The average molecular weight is 287 g/mol. The summed E-state index contributed by atoms with van der Waals surface area (Å²) in [5.74, 6) is 0.762. The van der Waals surface area contributed by atoms with Crippen molar-refractivity contribution in [2.75, 3.05) is 14.2 Å². The lowest BCUT2D eigenvalue weighted by Gasteiger charge is -2.14. The first-order chi connectivity index (χ1) is 8.97. The predicted molar refractivity (Wildman–Crippen MR) is 74.7 cm³/mol. The summed E-state index contributed by atoms with van der Waals surface area (Å²) in [5.41, 5.74) is 6.08. The summed E-state index contributed by atoms with van der Waals surface area (Å²) in [6.07, 6.45) is 0.293. The average Bonchev–Trinajstić information content (AvgIpc) is 2.34. The number of hydrogen-bond acceptors (Lipinski definition) is 4. The number of halogens is 1. The quantitative estimate of drug-likeness (QED) is 0.800. The molecule has 1 atom stereocenters. The van der Waals surface area contributed by atoms with Gasteiger partial charge in [-0.15, -0.1) is 0 Å². The van der Waals surface area contributed by atoms with Crippen LogP contribution in [0.2, 0.25) is 5.02 Å². The Balaban J connectivity index is 2.74. The van der Waals surface area contributed by atoms with Gasteiger partial charge in [0.1, 0.15) is 0 Å². The Hall–Kier alpha value is -1.46. The molecule has 0 bridgehead atoms. The van der Waals surface area contributed by atoms with Crippen molar-refractivity contribution < 1.29 is 14.3 Å². The number of benzene rings is 1. The van der Waals surface area contributed by atoms with Crippen LogP contribution >= 0.6 is 11.6 Å². The van der Waals surface area contributed by atoms with Gasteiger partial charge < -0.3 is 20.5 Å². The number of methoxy groups -OCH3 is 2. The van der Waals surface area contributed by atoms with Gasteiger partial charge in [0.2, 0.25) is 5.91 Å². The minimum Gasteiger partial charge on any atom is -0.493 e. The van der Waals surface area contributed by atoms with E-state index in [0.29, 0.717) is 29.5 Å². The first kappa shape index (κ1) is 15.6. The van der Waals surface area contributed by atoms with E-state index in [-0.39, 0.29) is 11.9 Å². The Morgan fingerprint density at radius 1 is 1.42 bits per heavy atom. The van der Waals surface area contributed by atoms with E-state index < -0.39 is 0 Å². The zero-order valence-electron chi connectivity index (χ0n) is 11.3. The van der Waals surface area contributed by atoms with Gasteiger partial charge in [0, 0.05) is 19.0 Å². The molecule has 106 valence electrons. The Labute approximate surface area is 118 Å². The zero-order valence-corrected chi connectivity index (χ0v) is 12.1. The van der Waals surface area contributed by atoms with Gasteiger partial charge in [0.15, 0.2) is 11.5 Å². The molecule has 0 saturated heterocycles. The molecule has 0 aliphatic carbocycles. The molecule has 5 nitrogen and oxygen atoms in total. The van der Waals surface area contributed by atoms with Crippen molar-refractivity contribution in [2.45, 2.75) is 25.9 Å². The van der Waals surface area contributed by atoms with Crippen LogP contribution in [0.15, 0.2) is 12.1 Å². The summed E-state index contributed by atoms with van der Waals surface area (Å²) in [7, 11) is 3.09. The smallest absolute Gasteiger partial charge is 0.218 e.